The van der Waals surface area contributed by atoms with Gasteiger partial charge < -0.3 is 0 Å². The minimum Gasteiger partial charge on any atom is -0.288 e. The third-order valence-corrected chi connectivity index (χ3v) is 3.03. The zero-order valence-corrected chi connectivity index (χ0v) is 11.2. The van der Waals surface area contributed by atoms with Crippen molar-refractivity contribution in [1.82, 2.24) is 4.98 Å². The first-order valence-electron chi connectivity index (χ1n) is 5.33. The quantitative estimate of drug-likeness (QED) is 0.596. The van der Waals surface area contributed by atoms with Crippen LogP contribution in [0.2, 0.25) is 10.2 Å². The summed E-state index contributed by atoms with van der Waals surface area (Å²) in [5, 5.41) is -0.0435. The Morgan fingerprint density at radius 3 is 2.10 bits per heavy atom. The van der Waals surface area contributed by atoms with Gasteiger partial charge in [0.05, 0.1) is 5.56 Å². The maximum atomic E-state index is 12.4. The predicted octanol–water partition coefficient (Wildman–Crippen LogP) is 4.64. The van der Waals surface area contributed by atoms with E-state index in [-0.39, 0.29) is 11.1 Å². The van der Waals surface area contributed by atoms with E-state index < -0.39 is 22.8 Å². The van der Waals surface area contributed by atoms with Crippen LogP contribution in [0.3, 0.4) is 0 Å². The van der Waals surface area contributed by atoms with E-state index in [9.17, 15) is 18.0 Å². The second kappa shape index (κ2) is 5.42. The van der Waals surface area contributed by atoms with E-state index in [1.165, 1.54) is 24.3 Å². The zero-order valence-electron chi connectivity index (χ0n) is 9.71. The molecule has 0 N–H and O–H groups in total. The lowest BCUT2D eigenvalue weighted by Crippen LogP contribution is -2.10. The monoisotopic (exact) mass is 319 g/mol. The SMILES string of the molecule is O=C(c1ccc(Cl)cc1)c1ccc(C(F)(F)F)nc1Cl. The van der Waals surface area contributed by atoms with Crippen LogP contribution in [0.15, 0.2) is 36.4 Å². The number of alkyl halides is 3. The second-order valence-electron chi connectivity index (χ2n) is 3.87. The Balaban J connectivity index is 2.38. The molecule has 0 atom stereocenters. The molecule has 7 heteroatoms. The number of ketones is 1. The van der Waals surface area contributed by atoms with Crippen molar-refractivity contribution in [2.24, 2.45) is 0 Å². The van der Waals surface area contributed by atoms with Gasteiger partial charge in [0.15, 0.2) is 5.78 Å². The summed E-state index contributed by atoms with van der Waals surface area (Å²) in [7, 11) is 0. The van der Waals surface area contributed by atoms with Crippen molar-refractivity contribution in [3.63, 3.8) is 0 Å². The predicted molar refractivity (Wildman–Crippen MR) is 69.1 cm³/mol. The minimum atomic E-state index is -4.61. The molecule has 1 aromatic heterocycles. The fourth-order valence-corrected chi connectivity index (χ4v) is 1.88. The first kappa shape index (κ1) is 14.8. The molecule has 0 radical (unpaired) electrons. The second-order valence-corrected chi connectivity index (χ2v) is 4.66. The standard InChI is InChI=1S/C13H6Cl2F3NO/c14-8-3-1-7(2-4-8)11(20)9-5-6-10(13(16,17)18)19-12(9)15/h1-6H. The summed E-state index contributed by atoms with van der Waals surface area (Å²) in [6.45, 7) is 0. The van der Waals surface area contributed by atoms with Gasteiger partial charge >= 0.3 is 6.18 Å². The van der Waals surface area contributed by atoms with E-state index in [2.05, 4.69) is 4.98 Å². The highest BCUT2D eigenvalue weighted by Crippen LogP contribution is 2.30. The summed E-state index contributed by atoms with van der Waals surface area (Å²) in [6.07, 6.45) is -4.61. The van der Waals surface area contributed by atoms with Crippen LogP contribution in [0, 0.1) is 0 Å². The fraction of sp³-hybridized carbons (Fsp3) is 0.0769. The number of carbonyl (C=O) groups is 1. The fourth-order valence-electron chi connectivity index (χ4n) is 1.52. The molecule has 1 aromatic carbocycles. The first-order valence-corrected chi connectivity index (χ1v) is 6.08. The van der Waals surface area contributed by atoms with E-state index >= 15 is 0 Å². The molecule has 0 spiro atoms. The van der Waals surface area contributed by atoms with Crippen LogP contribution in [0.25, 0.3) is 0 Å². The van der Waals surface area contributed by atoms with Gasteiger partial charge in [-0.1, -0.05) is 23.2 Å². The van der Waals surface area contributed by atoms with Gasteiger partial charge in [0.25, 0.3) is 0 Å². The highest BCUT2D eigenvalue weighted by atomic mass is 35.5. The molecule has 2 nitrogen and oxygen atoms in total. The molecular weight excluding hydrogens is 314 g/mol. The molecule has 1 heterocycles. The maximum absolute atomic E-state index is 12.4. The number of rotatable bonds is 2. The third kappa shape index (κ3) is 3.11. The molecule has 0 unspecified atom stereocenters. The summed E-state index contributed by atoms with van der Waals surface area (Å²) < 4.78 is 37.3. The average Bonchev–Trinajstić information content (AvgIpc) is 2.37. The van der Waals surface area contributed by atoms with Crippen molar-refractivity contribution in [2.75, 3.05) is 0 Å². The zero-order chi connectivity index (χ0) is 14.9. The summed E-state index contributed by atoms with van der Waals surface area (Å²) in [6, 6.07) is 7.64. The Bertz CT molecular complexity index is 654. The van der Waals surface area contributed by atoms with E-state index in [1.54, 1.807) is 0 Å². The molecule has 0 saturated carbocycles. The van der Waals surface area contributed by atoms with Crippen molar-refractivity contribution in [3.05, 3.63) is 63.4 Å². The molecule has 0 aliphatic carbocycles. The molecule has 104 valence electrons. The number of hydrogen-bond donors (Lipinski definition) is 0. The molecule has 0 amide bonds. The van der Waals surface area contributed by atoms with Crippen LogP contribution in [0.4, 0.5) is 13.2 Å². The van der Waals surface area contributed by atoms with Gasteiger partial charge in [0.1, 0.15) is 10.8 Å². The van der Waals surface area contributed by atoms with Crippen molar-refractivity contribution < 1.29 is 18.0 Å². The molecule has 2 aromatic rings. The van der Waals surface area contributed by atoms with Gasteiger partial charge in [0.2, 0.25) is 0 Å². The van der Waals surface area contributed by atoms with Crippen LogP contribution in [0.1, 0.15) is 21.6 Å². The van der Waals surface area contributed by atoms with Crippen molar-refractivity contribution in [2.45, 2.75) is 6.18 Å². The molecule has 0 saturated heterocycles. The summed E-state index contributed by atoms with van der Waals surface area (Å²) >= 11 is 11.3. The Morgan fingerprint density at radius 1 is 1.00 bits per heavy atom. The van der Waals surface area contributed by atoms with Gasteiger partial charge in [-0.25, -0.2) is 4.98 Å². The van der Waals surface area contributed by atoms with Gasteiger partial charge in [-0.3, -0.25) is 4.79 Å². The Labute approximate surface area is 122 Å². The Kier molecular flexibility index (Phi) is 4.01. The number of hydrogen-bond acceptors (Lipinski definition) is 2. The molecule has 0 aliphatic rings. The number of benzene rings is 1. The van der Waals surface area contributed by atoms with E-state index in [1.807, 2.05) is 0 Å². The molecular formula is C13H6Cl2F3NO. The largest absolute Gasteiger partial charge is 0.433 e. The van der Waals surface area contributed by atoms with Crippen LogP contribution >= 0.6 is 23.2 Å². The maximum Gasteiger partial charge on any atom is 0.433 e. The lowest BCUT2D eigenvalue weighted by atomic mass is 10.0. The number of pyridine rings is 1. The lowest BCUT2D eigenvalue weighted by Gasteiger charge is -2.08. The van der Waals surface area contributed by atoms with Gasteiger partial charge in [-0.05, 0) is 36.4 Å². The lowest BCUT2D eigenvalue weighted by molar-refractivity contribution is -0.141. The smallest absolute Gasteiger partial charge is 0.288 e. The van der Waals surface area contributed by atoms with E-state index in [0.717, 1.165) is 12.1 Å². The summed E-state index contributed by atoms with van der Waals surface area (Å²) in [5.41, 5.74) is -0.977. The minimum absolute atomic E-state index is 0.0954. The highest BCUT2D eigenvalue weighted by molar-refractivity contribution is 6.34. The topological polar surface area (TPSA) is 30.0 Å². The molecule has 2 rings (SSSR count). The molecule has 0 bridgehead atoms. The Morgan fingerprint density at radius 2 is 1.60 bits per heavy atom. The normalized spacial score (nSPS) is 11.4. The highest BCUT2D eigenvalue weighted by Gasteiger charge is 2.33. The van der Waals surface area contributed by atoms with Crippen molar-refractivity contribution >= 4 is 29.0 Å². The van der Waals surface area contributed by atoms with Crippen molar-refractivity contribution in [1.29, 1.82) is 0 Å². The first-order chi connectivity index (χ1) is 9.29. The Hall–Kier alpha value is -1.59. The van der Waals surface area contributed by atoms with Crippen LogP contribution in [-0.4, -0.2) is 10.8 Å². The third-order valence-electron chi connectivity index (χ3n) is 2.49. The summed E-state index contributed by atoms with van der Waals surface area (Å²) in [4.78, 5) is 15.3. The van der Waals surface area contributed by atoms with E-state index in [4.69, 9.17) is 23.2 Å². The number of carbonyl (C=O) groups excluding carboxylic acids is 1. The van der Waals surface area contributed by atoms with Crippen LogP contribution in [0.5, 0.6) is 0 Å². The molecule has 0 fully saturated rings. The average molecular weight is 320 g/mol. The van der Waals surface area contributed by atoms with Crippen LogP contribution in [-0.2, 0) is 6.18 Å². The summed E-state index contributed by atoms with van der Waals surface area (Å²) in [5.74, 6) is -0.520. The van der Waals surface area contributed by atoms with Crippen molar-refractivity contribution in [3.8, 4) is 0 Å². The number of halogens is 5. The van der Waals surface area contributed by atoms with Crippen LogP contribution < -0.4 is 0 Å². The molecule has 20 heavy (non-hydrogen) atoms. The molecule has 0 aliphatic heterocycles. The number of aromatic nitrogens is 1. The van der Waals surface area contributed by atoms with Gasteiger partial charge in [-0.2, -0.15) is 13.2 Å². The van der Waals surface area contributed by atoms with Gasteiger partial charge in [-0.15, -0.1) is 0 Å². The van der Waals surface area contributed by atoms with E-state index in [0.29, 0.717) is 5.02 Å². The van der Waals surface area contributed by atoms with Gasteiger partial charge in [0, 0.05) is 10.6 Å². The number of nitrogens with zero attached hydrogens (tertiary/aromatic N) is 1.